The molecule has 1 aliphatic heterocycles. The van der Waals surface area contributed by atoms with Crippen LogP contribution in [0.15, 0.2) is 12.4 Å². The summed E-state index contributed by atoms with van der Waals surface area (Å²) in [5, 5.41) is 6.79. The molecule has 0 radical (unpaired) electrons. The van der Waals surface area contributed by atoms with E-state index in [1.54, 1.807) is 6.33 Å². The van der Waals surface area contributed by atoms with E-state index in [-0.39, 0.29) is 0 Å². The van der Waals surface area contributed by atoms with E-state index in [1.807, 2.05) is 13.0 Å². The van der Waals surface area contributed by atoms with Crippen molar-refractivity contribution in [2.24, 2.45) is 5.92 Å². The summed E-state index contributed by atoms with van der Waals surface area (Å²) in [5.74, 6) is 1.76. The van der Waals surface area contributed by atoms with E-state index in [2.05, 4.69) is 20.6 Å². The van der Waals surface area contributed by atoms with Gasteiger partial charge >= 0.3 is 0 Å². The Morgan fingerprint density at radius 1 is 1.50 bits per heavy atom. The number of anilines is 1. The van der Waals surface area contributed by atoms with E-state index in [1.165, 1.54) is 32.4 Å². The molecule has 0 spiro atoms. The maximum Gasteiger partial charge on any atom is 0.129 e. The Labute approximate surface area is 96.9 Å². The number of nitrogens with zero attached hydrogens (tertiary/aromatic N) is 2. The van der Waals surface area contributed by atoms with Crippen molar-refractivity contribution in [2.45, 2.75) is 26.2 Å². The van der Waals surface area contributed by atoms with Gasteiger partial charge in [0, 0.05) is 18.3 Å². The van der Waals surface area contributed by atoms with Gasteiger partial charge in [0.05, 0.1) is 0 Å². The number of aromatic nitrogens is 2. The van der Waals surface area contributed by atoms with Crippen molar-refractivity contribution in [3.05, 3.63) is 18.1 Å². The maximum atomic E-state index is 4.18. The Hall–Kier alpha value is -1.16. The molecule has 16 heavy (non-hydrogen) atoms. The van der Waals surface area contributed by atoms with Crippen molar-refractivity contribution < 1.29 is 0 Å². The van der Waals surface area contributed by atoms with Gasteiger partial charge in [-0.05, 0) is 45.2 Å². The van der Waals surface area contributed by atoms with Gasteiger partial charge in [-0.15, -0.1) is 0 Å². The summed E-state index contributed by atoms with van der Waals surface area (Å²) in [6.07, 6.45) is 5.50. The first-order valence-corrected chi connectivity index (χ1v) is 6.08. The fourth-order valence-electron chi connectivity index (χ4n) is 2.13. The quantitative estimate of drug-likeness (QED) is 0.809. The zero-order valence-corrected chi connectivity index (χ0v) is 9.87. The number of aryl methyl sites for hydroxylation is 1. The molecule has 1 atom stereocenters. The van der Waals surface area contributed by atoms with Crippen LogP contribution in [0, 0.1) is 12.8 Å². The van der Waals surface area contributed by atoms with Crippen molar-refractivity contribution in [1.82, 2.24) is 15.3 Å². The van der Waals surface area contributed by atoms with Crippen molar-refractivity contribution in [3.8, 4) is 0 Å². The van der Waals surface area contributed by atoms with Crippen LogP contribution in [0.5, 0.6) is 0 Å². The standard InChI is InChI=1S/C12H20N4/c1-10-7-12(16-9-15-10)14-6-4-11-3-2-5-13-8-11/h7,9,11,13H,2-6,8H2,1H3,(H,14,15,16). The predicted octanol–water partition coefficient (Wildman–Crippen LogP) is 1.59. The molecule has 2 N–H and O–H groups in total. The third-order valence-electron chi connectivity index (χ3n) is 3.06. The summed E-state index contributed by atoms with van der Waals surface area (Å²) in [6.45, 7) is 5.35. The van der Waals surface area contributed by atoms with Gasteiger partial charge < -0.3 is 10.6 Å². The third-order valence-corrected chi connectivity index (χ3v) is 3.06. The average molecular weight is 220 g/mol. The van der Waals surface area contributed by atoms with Gasteiger partial charge in [0.15, 0.2) is 0 Å². The lowest BCUT2D eigenvalue weighted by Gasteiger charge is -2.22. The lowest BCUT2D eigenvalue weighted by atomic mass is 9.96. The molecule has 0 saturated carbocycles. The maximum absolute atomic E-state index is 4.18. The fraction of sp³-hybridized carbons (Fsp3) is 0.667. The van der Waals surface area contributed by atoms with E-state index in [0.717, 1.165) is 24.0 Å². The molecule has 0 amide bonds. The Kier molecular flexibility index (Phi) is 4.10. The normalized spacial score (nSPS) is 20.7. The summed E-state index contributed by atoms with van der Waals surface area (Å²) in [7, 11) is 0. The highest BCUT2D eigenvalue weighted by molar-refractivity contribution is 5.34. The molecule has 4 nitrogen and oxygen atoms in total. The van der Waals surface area contributed by atoms with E-state index in [0.29, 0.717) is 0 Å². The fourth-order valence-corrected chi connectivity index (χ4v) is 2.13. The molecule has 1 fully saturated rings. The van der Waals surface area contributed by atoms with Gasteiger partial charge in [-0.25, -0.2) is 9.97 Å². The Morgan fingerprint density at radius 3 is 3.19 bits per heavy atom. The van der Waals surface area contributed by atoms with Gasteiger partial charge in [-0.1, -0.05) is 0 Å². The Bertz CT molecular complexity index is 321. The zero-order valence-electron chi connectivity index (χ0n) is 9.87. The molecule has 1 unspecified atom stereocenters. The van der Waals surface area contributed by atoms with E-state index in [4.69, 9.17) is 0 Å². The van der Waals surface area contributed by atoms with Crippen LogP contribution in [0.3, 0.4) is 0 Å². The second-order valence-corrected chi connectivity index (χ2v) is 4.47. The molecular weight excluding hydrogens is 200 g/mol. The van der Waals surface area contributed by atoms with Crippen LogP contribution < -0.4 is 10.6 Å². The number of hydrogen-bond acceptors (Lipinski definition) is 4. The lowest BCUT2D eigenvalue weighted by molar-refractivity contribution is 0.364. The van der Waals surface area contributed by atoms with E-state index >= 15 is 0 Å². The lowest BCUT2D eigenvalue weighted by Crippen LogP contribution is -2.30. The molecule has 88 valence electrons. The SMILES string of the molecule is Cc1cc(NCCC2CCCNC2)ncn1. The third kappa shape index (κ3) is 3.45. The number of piperidine rings is 1. The van der Waals surface area contributed by atoms with E-state index < -0.39 is 0 Å². The van der Waals surface area contributed by atoms with Crippen molar-refractivity contribution in [1.29, 1.82) is 0 Å². The molecule has 1 aliphatic rings. The highest BCUT2D eigenvalue weighted by atomic mass is 15.0. The summed E-state index contributed by atoms with van der Waals surface area (Å²) < 4.78 is 0. The van der Waals surface area contributed by atoms with Crippen molar-refractivity contribution in [2.75, 3.05) is 25.0 Å². The van der Waals surface area contributed by atoms with Gasteiger partial charge in [0.2, 0.25) is 0 Å². The molecule has 0 aliphatic carbocycles. The molecule has 1 aromatic heterocycles. The monoisotopic (exact) mass is 220 g/mol. The zero-order chi connectivity index (χ0) is 11.2. The van der Waals surface area contributed by atoms with Crippen LogP contribution in [0.4, 0.5) is 5.82 Å². The summed E-state index contributed by atoms with van der Waals surface area (Å²) in [4.78, 5) is 8.26. The van der Waals surface area contributed by atoms with Crippen LogP contribution in [0.1, 0.15) is 25.0 Å². The van der Waals surface area contributed by atoms with Gasteiger partial charge in [0.25, 0.3) is 0 Å². The first-order chi connectivity index (χ1) is 7.84. The average Bonchev–Trinajstić information content (AvgIpc) is 2.30. The van der Waals surface area contributed by atoms with Crippen molar-refractivity contribution in [3.63, 3.8) is 0 Å². The smallest absolute Gasteiger partial charge is 0.129 e. The minimum Gasteiger partial charge on any atom is -0.370 e. The van der Waals surface area contributed by atoms with Crippen LogP contribution in [0.2, 0.25) is 0 Å². The highest BCUT2D eigenvalue weighted by Gasteiger charge is 2.11. The van der Waals surface area contributed by atoms with Crippen molar-refractivity contribution >= 4 is 5.82 Å². The van der Waals surface area contributed by atoms with Crippen LogP contribution >= 0.6 is 0 Å². The number of nitrogens with one attached hydrogen (secondary N) is 2. The molecular formula is C12H20N4. The molecule has 2 heterocycles. The van der Waals surface area contributed by atoms with Crippen LogP contribution in [-0.4, -0.2) is 29.6 Å². The molecule has 0 aromatic carbocycles. The van der Waals surface area contributed by atoms with E-state index in [9.17, 15) is 0 Å². The van der Waals surface area contributed by atoms with Crippen LogP contribution in [0.25, 0.3) is 0 Å². The largest absolute Gasteiger partial charge is 0.370 e. The molecule has 1 aromatic rings. The minimum absolute atomic E-state index is 0.823. The van der Waals surface area contributed by atoms with Crippen LogP contribution in [-0.2, 0) is 0 Å². The number of hydrogen-bond donors (Lipinski definition) is 2. The van der Waals surface area contributed by atoms with Gasteiger partial charge in [-0.2, -0.15) is 0 Å². The topological polar surface area (TPSA) is 49.8 Å². The highest BCUT2D eigenvalue weighted by Crippen LogP contribution is 2.14. The second kappa shape index (κ2) is 5.80. The van der Waals surface area contributed by atoms with Gasteiger partial charge in [0.1, 0.15) is 12.1 Å². The first kappa shape index (κ1) is 11.3. The Morgan fingerprint density at radius 2 is 2.44 bits per heavy atom. The van der Waals surface area contributed by atoms with Gasteiger partial charge in [-0.3, -0.25) is 0 Å². The second-order valence-electron chi connectivity index (χ2n) is 4.47. The molecule has 0 bridgehead atoms. The summed E-state index contributed by atoms with van der Waals surface area (Å²) in [5.41, 5.74) is 1.01. The molecule has 4 heteroatoms. The Balaban J connectivity index is 1.71. The number of rotatable bonds is 4. The first-order valence-electron chi connectivity index (χ1n) is 6.08. The molecule has 2 rings (SSSR count). The molecule has 1 saturated heterocycles. The summed E-state index contributed by atoms with van der Waals surface area (Å²) in [6, 6.07) is 1.99. The summed E-state index contributed by atoms with van der Waals surface area (Å²) >= 11 is 0. The minimum atomic E-state index is 0.823. The predicted molar refractivity (Wildman–Crippen MR) is 65.5 cm³/mol.